The van der Waals surface area contributed by atoms with Crippen LogP contribution in [0.5, 0.6) is 0 Å². The predicted octanol–water partition coefficient (Wildman–Crippen LogP) is 4.37. The van der Waals surface area contributed by atoms with Gasteiger partial charge in [0.1, 0.15) is 5.78 Å². The number of benzene rings is 2. The van der Waals surface area contributed by atoms with Gasteiger partial charge in [0.15, 0.2) is 0 Å². The fourth-order valence-corrected chi connectivity index (χ4v) is 3.20. The van der Waals surface area contributed by atoms with Crippen LogP contribution in [0.15, 0.2) is 61.2 Å². The minimum absolute atomic E-state index is 0.159. The summed E-state index contributed by atoms with van der Waals surface area (Å²) < 4.78 is 0. The van der Waals surface area contributed by atoms with Crippen LogP contribution in [0, 0.1) is 0 Å². The van der Waals surface area contributed by atoms with Crippen molar-refractivity contribution in [2.45, 2.75) is 25.2 Å². The zero-order valence-electron chi connectivity index (χ0n) is 11.7. The van der Waals surface area contributed by atoms with Crippen LogP contribution in [-0.2, 0) is 10.2 Å². The molecule has 0 radical (unpaired) electrons. The Hall–Kier alpha value is -2.15. The van der Waals surface area contributed by atoms with E-state index in [0.29, 0.717) is 18.6 Å². The molecule has 0 aliphatic heterocycles. The van der Waals surface area contributed by atoms with Crippen molar-refractivity contribution in [2.24, 2.45) is 0 Å². The maximum Gasteiger partial charge on any atom is 0.135 e. The van der Waals surface area contributed by atoms with E-state index < -0.39 is 0 Å². The van der Waals surface area contributed by atoms with Crippen molar-refractivity contribution in [1.29, 1.82) is 0 Å². The summed E-state index contributed by atoms with van der Waals surface area (Å²) >= 11 is 0. The van der Waals surface area contributed by atoms with Gasteiger partial charge in [0.05, 0.1) is 0 Å². The quantitative estimate of drug-likeness (QED) is 0.802. The number of Topliss-reactive ketones (excluding diaryl/α,β-unsaturated/α-hetero) is 1. The molecule has 1 saturated carbocycles. The van der Waals surface area contributed by atoms with Gasteiger partial charge in [-0.3, -0.25) is 4.79 Å². The number of rotatable bonds is 3. The highest BCUT2D eigenvalue weighted by Crippen LogP contribution is 2.48. The van der Waals surface area contributed by atoms with Gasteiger partial charge in [-0.1, -0.05) is 66.7 Å². The lowest BCUT2D eigenvalue weighted by Gasteiger charge is -2.43. The van der Waals surface area contributed by atoms with Gasteiger partial charge in [-0.2, -0.15) is 0 Å². The van der Waals surface area contributed by atoms with Gasteiger partial charge in [-0.05, 0) is 23.6 Å². The van der Waals surface area contributed by atoms with E-state index in [1.165, 1.54) is 16.7 Å². The average Bonchev–Trinajstić information content (AvgIpc) is 2.44. The number of allylic oxidation sites excluding steroid dienone is 1. The Kier molecular flexibility index (Phi) is 3.06. The van der Waals surface area contributed by atoms with Crippen LogP contribution in [0.3, 0.4) is 0 Å². The molecule has 1 aliphatic rings. The van der Waals surface area contributed by atoms with E-state index in [4.69, 9.17) is 0 Å². The Labute approximate surface area is 120 Å². The molecule has 1 heteroatoms. The largest absolute Gasteiger partial charge is 0.300 e. The molecule has 1 aliphatic carbocycles. The summed E-state index contributed by atoms with van der Waals surface area (Å²) in [6.07, 6.45) is 1.20. The number of ketones is 1. The van der Waals surface area contributed by atoms with Crippen LogP contribution in [-0.4, -0.2) is 5.78 Å². The first-order chi connectivity index (χ1) is 9.63. The fourth-order valence-electron chi connectivity index (χ4n) is 3.20. The first kappa shape index (κ1) is 12.9. The van der Waals surface area contributed by atoms with Gasteiger partial charge in [0, 0.05) is 18.3 Å². The van der Waals surface area contributed by atoms with Gasteiger partial charge in [-0.25, -0.2) is 0 Å². The van der Waals surface area contributed by atoms with E-state index in [2.05, 4.69) is 36.9 Å². The third-order valence-electron chi connectivity index (χ3n) is 4.23. The lowest BCUT2D eigenvalue weighted by atomic mass is 9.58. The van der Waals surface area contributed by atoms with Crippen LogP contribution < -0.4 is 0 Å². The standard InChI is InChI=1S/C19H18O/c1-14(2)17-10-6-7-11-18(17)19(12-16(20)13-19)15-8-4-3-5-9-15/h3-11H,1,12-13H2,2H3. The minimum Gasteiger partial charge on any atom is -0.300 e. The van der Waals surface area contributed by atoms with E-state index in [-0.39, 0.29) is 5.41 Å². The topological polar surface area (TPSA) is 17.1 Å². The van der Waals surface area contributed by atoms with Crippen molar-refractivity contribution in [1.82, 2.24) is 0 Å². The monoisotopic (exact) mass is 262 g/mol. The van der Waals surface area contributed by atoms with Gasteiger partial charge >= 0.3 is 0 Å². The summed E-state index contributed by atoms with van der Waals surface area (Å²) in [5.41, 5.74) is 4.53. The summed E-state index contributed by atoms with van der Waals surface area (Å²) in [7, 11) is 0. The van der Waals surface area contributed by atoms with Gasteiger partial charge in [-0.15, -0.1) is 0 Å². The van der Waals surface area contributed by atoms with E-state index in [1.54, 1.807) is 0 Å². The first-order valence-electron chi connectivity index (χ1n) is 6.96. The van der Waals surface area contributed by atoms with Crippen LogP contribution in [0.2, 0.25) is 0 Å². The van der Waals surface area contributed by atoms with Crippen molar-refractivity contribution in [3.8, 4) is 0 Å². The molecule has 0 atom stereocenters. The summed E-state index contributed by atoms with van der Waals surface area (Å²) in [5.74, 6) is 0.338. The maximum atomic E-state index is 11.7. The van der Waals surface area contributed by atoms with Crippen molar-refractivity contribution < 1.29 is 4.79 Å². The van der Waals surface area contributed by atoms with Gasteiger partial charge in [0.25, 0.3) is 0 Å². The second-order valence-corrected chi connectivity index (χ2v) is 5.67. The number of hydrogen-bond donors (Lipinski definition) is 0. The van der Waals surface area contributed by atoms with Gasteiger partial charge < -0.3 is 0 Å². The maximum absolute atomic E-state index is 11.7. The Morgan fingerprint density at radius 3 is 2.20 bits per heavy atom. The molecular weight excluding hydrogens is 244 g/mol. The normalized spacial score (nSPS) is 16.6. The van der Waals surface area contributed by atoms with Crippen LogP contribution in [0.4, 0.5) is 0 Å². The van der Waals surface area contributed by atoms with Crippen molar-refractivity contribution in [2.75, 3.05) is 0 Å². The smallest absolute Gasteiger partial charge is 0.135 e. The Morgan fingerprint density at radius 2 is 1.60 bits per heavy atom. The zero-order chi connectivity index (χ0) is 14.2. The second-order valence-electron chi connectivity index (χ2n) is 5.67. The van der Waals surface area contributed by atoms with E-state index in [1.807, 2.05) is 31.2 Å². The molecule has 2 aromatic rings. The SMILES string of the molecule is C=C(C)c1ccccc1C1(c2ccccc2)CC(=O)C1. The molecule has 0 heterocycles. The summed E-state index contributed by atoms with van der Waals surface area (Å²) in [5, 5.41) is 0. The average molecular weight is 262 g/mol. The fraction of sp³-hybridized carbons (Fsp3) is 0.211. The molecule has 1 fully saturated rings. The highest BCUT2D eigenvalue weighted by molar-refractivity contribution is 5.91. The third kappa shape index (κ3) is 1.90. The molecule has 0 saturated heterocycles. The summed E-state index contributed by atoms with van der Waals surface area (Å²) in [6, 6.07) is 18.7. The zero-order valence-corrected chi connectivity index (χ0v) is 11.7. The lowest BCUT2D eigenvalue weighted by molar-refractivity contribution is -0.127. The molecule has 0 N–H and O–H groups in total. The van der Waals surface area contributed by atoms with Crippen molar-refractivity contribution >= 4 is 11.4 Å². The molecule has 0 spiro atoms. The van der Waals surface area contributed by atoms with Crippen molar-refractivity contribution in [3.05, 3.63) is 77.9 Å². The predicted molar refractivity (Wildman–Crippen MR) is 82.6 cm³/mol. The molecule has 1 nitrogen and oxygen atoms in total. The summed E-state index contributed by atoms with van der Waals surface area (Å²) in [4.78, 5) is 11.7. The molecule has 3 rings (SSSR count). The van der Waals surface area contributed by atoms with E-state index in [9.17, 15) is 4.79 Å². The Balaban J connectivity index is 2.18. The second kappa shape index (κ2) is 4.75. The van der Waals surface area contributed by atoms with E-state index in [0.717, 1.165) is 5.57 Å². The lowest BCUT2D eigenvalue weighted by Crippen LogP contribution is -2.43. The Bertz CT molecular complexity index is 659. The molecule has 2 aromatic carbocycles. The van der Waals surface area contributed by atoms with Crippen LogP contribution >= 0.6 is 0 Å². The molecule has 0 bridgehead atoms. The molecule has 0 aromatic heterocycles. The molecule has 0 unspecified atom stereocenters. The Morgan fingerprint density at radius 1 is 1.00 bits per heavy atom. The van der Waals surface area contributed by atoms with Gasteiger partial charge in [0.2, 0.25) is 0 Å². The van der Waals surface area contributed by atoms with E-state index >= 15 is 0 Å². The third-order valence-corrected chi connectivity index (χ3v) is 4.23. The van der Waals surface area contributed by atoms with Crippen LogP contribution in [0.1, 0.15) is 36.5 Å². The highest BCUT2D eigenvalue weighted by Gasteiger charge is 2.47. The first-order valence-corrected chi connectivity index (χ1v) is 6.96. The number of hydrogen-bond acceptors (Lipinski definition) is 1. The highest BCUT2D eigenvalue weighted by atomic mass is 16.1. The molecule has 100 valence electrons. The number of carbonyl (C=O) groups excluding carboxylic acids is 1. The minimum atomic E-state index is -0.159. The van der Waals surface area contributed by atoms with Crippen molar-refractivity contribution in [3.63, 3.8) is 0 Å². The number of carbonyl (C=O) groups is 1. The molecule has 20 heavy (non-hydrogen) atoms. The summed E-state index contributed by atoms with van der Waals surface area (Å²) in [6.45, 7) is 6.11. The molecule has 0 amide bonds. The van der Waals surface area contributed by atoms with Crippen LogP contribution in [0.25, 0.3) is 5.57 Å². The molecular formula is C19H18O.